The normalized spacial score (nSPS) is 15.4. The van der Waals surface area contributed by atoms with Crippen LogP contribution in [0.25, 0.3) is 0 Å². The van der Waals surface area contributed by atoms with Crippen molar-refractivity contribution < 1.29 is 0 Å². The molecule has 2 aromatic carbocycles. The maximum atomic E-state index is 5.01. The van der Waals surface area contributed by atoms with Crippen molar-refractivity contribution in [3.63, 3.8) is 0 Å². The lowest BCUT2D eigenvalue weighted by molar-refractivity contribution is 0.403. The number of aryl methyl sites for hydroxylation is 1. The van der Waals surface area contributed by atoms with Gasteiger partial charge in [0.15, 0.2) is 0 Å². The first-order chi connectivity index (χ1) is 11.2. The Balaban J connectivity index is 2.01. The van der Waals surface area contributed by atoms with Crippen molar-refractivity contribution in [1.29, 1.82) is 0 Å². The van der Waals surface area contributed by atoms with Gasteiger partial charge in [-0.15, -0.1) is 0 Å². The summed E-state index contributed by atoms with van der Waals surface area (Å²) in [6, 6.07) is 15.2. The highest BCUT2D eigenvalue weighted by Crippen LogP contribution is 2.29. The van der Waals surface area contributed by atoms with E-state index < -0.39 is 0 Å². The Morgan fingerprint density at radius 2 is 1.78 bits per heavy atom. The van der Waals surface area contributed by atoms with Crippen molar-refractivity contribution in [3.8, 4) is 0 Å². The number of halogens is 1. The van der Waals surface area contributed by atoms with Crippen LogP contribution in [0.15, 0.2) is 51.9 Å². The van der Waals surface area contributed by atoms with Gasteiger partial charge in [-0.05, 0) is 57.1 Å². The van der Waals surface area contributed by atoms with Gasteiger partial charge in [-0.2, -0.15) is 0 Å². The minimum atomic E-state index is 0.869. The molecule has 3 rings (SSSR count). The highest BCUT2D eigenvalue weighted by atomic mass is 79.9. The molecule has 23 heavy (non-hydrogen) atoms. The van der Waals surface area contributed by atoms with Gasteiger partial charge in [-0.25, -0.2) is 0 Å². The minimum absolute atomic E-state index is 0.869. The number of aliphatic imine (C=N–C) groups is 1. The third kappa shape index (κ3) is 3.73. The fourth-order valence-corrected chi connectivity index (χ4v) is 3.72. The molecular weight excluding hydrogens is 348 g/mol. The molecular formula is C20H23BrN2. The Hall–Kier alpha value is -1.45. The molecule has 0 bridgehead atoms. The Kier molecular flexibility index (Phi) is 5.29. The summed E-state index contributed by atoms with van der Waals surface area (Å²) in [5, 5.41) is 0. The fourth-order valence-electron chi connectivity index (χ4n) is 3.16. The van der Waals surface area contributed by atoms with E-state index in [1.807, 2.05) is 0 Å². The van der Waals surface area contributed by atoms with Crippen LogP contribution in [0.3, 0.4) is 0 Å². The highest BCUT2D eigenvalue weighted by molar-refractivity contribution is 9.10. The van der Waals surface area contributed by atoms with Crippen LogP contribution in [0.2, 0.25) is 0 Å². The summed E-state index contributed by atoms with van der Waals surface area (Å²) in [4.78, 5) is 7.22. The molecule has 0 aromatic heterocycles. The largest absolute Gasteiger partial charge is 0.309 e. The van der Waals surface area contributed by atoms with E-state index >= 15 is 0 Å². The molecule has 0 saturated heterocycles. The molecule has 0 N–H and O–H groups in total. The number of fused-ring (bicyclic) bond motifs is 2. The highest BCUT2D eigenvalue weighted by Gasteiger charge is 2.20. The first kappa shape index (κ1) is 16.4. The Morgan fingerprint density at radius 3 is 2.61 bits per heavy atom. The average Bonchev–Trinajstić information content (AvgIpc) is 2.70. The molecule has 1 aliphatic rings. The number of rotatable bonds is 4. The lowest BCUT2D eigenvalue weighted by atomic mass is 9.98. The summed E-state index contributed by atoms with van der Waals surface area (Å²) in [5.74, 6) is 0. The van der Waals surface area contributed by atoms with Crippen molar-refractivity contribution >= 4 is 21.6 Å². The van der Waals surface area contributed by atoms with Crippen LogP contribution in [0.4, 0.5) is 0 Å². The van der Waals surface area contributed by atoms with Gasteiger partial charge < -0.3 is 4.90 Å². The van der Waals surface area contributed by atoms with Crippen LogP contribution < -0.4 is 0 Å². The van der Waals surface area contributed by atoms with E-state index in [4.69, 9.17) is 4.99 Å². The van der Waals surface area contributed by atoms with Crippen molar-refractivity contribution in [2.24, 2.45) is 4.99 Å². The SMILES string of the molecule is CN(C)CCCN=C1c2ccccc2CCc2c(Br)cccc21. The zero-order valence-electron chi connectivity index (χ0n) is 13.8. The summed E-state index contributed by atoms with van der Waals surface area (Å²) in [5.41, 5.74) is 6.54. The fraction of sp³-hybridized carbons (Fsp3) is 0.350. The zero-order valence-corrected chi connectivity index (χ0v) is 15.4. The van der Waals surface area contributed by atoms with Crippen LogP contribution >= 0.6 is 15.9 Å². The van der Waals surface area contributed by atoms with E-state index in [1.54, 1.807) is 0 Å². The van der Waals surface area contributed by atoms with E-state index in [-0.39, 0.29) is 0 Å². The molecule has 0 amide bonds. The molecule has 2 nitrogen and oxygen atoms in total. The van der Waals surface area contributed by atoms with Gasteiger partial charge in [0.2, 0.25) is 0 Å². The Morgan fingerprint density at radius 1 is 1.00 bits per heavy atom. The number of hydrogen-bond donors (Lipinski definition) is 0. The predicted octanol–water partition coefficient (Wildman–Crippen LogP) is 4.34. The monoisotopic (exact) mass is 370 g/mol. The quantitative estimate of drug-likeness (QED) is 0.731. The lowest BCUT2D eigenvalue weighted by Gasteiger charge is -2.12. The van der Waals surface area contributed by atoms with Crippen molar-refractivity contribution in [3.05, 3.63) is 69.2 Å². The van der Waals surface area contributed by atoms with E-state index in [2.05, 4.69) is 77.4 Å². The molecule has 3 heteroatoms. The Labute approximate surface area is 147 Å². The van der Waals surface area contributed by atoms with Crippen molar-refractivity contribution in [1.82, 2.24) is 4.90 Å². The van der Waals surface area contributed by atoms with Gasteiger partial charge in [0.05, 0.1) is 5.71 Å². The zero-order chi connectivity index (χ0) is 16.2. The summed E-state index contributed by atoms with van der Waals surface area (Å²) in [6.45, 7) is 1.94. The maximum absolute atomic E-state index is 5.01. The van der Waals surface area contributed by atoms with E-state index in [0.29, 0.717) is 0 Å². The smallest absolute Gasteiger partial charge is 0.0724 e. The number of benzene rings is 2. The van der Waals surface area contributed by atoms with Gasteiger partial charge in [-0.1, -0.05) is 52.3 Å². The minimum Gasteiger partial charge on any atom is -0.309 e. The third-order valence-electron chi connectivity index (χ3n) is 4.32. The van der Waals surface area contributed by atoms with Gasteiger partial charge in [-0.3, -0.25) is 4.99 Å². The van der Waals surface area contributed by atoms with Crippen molar-refractivity contribution in [2.75, 3.05) is 27.2 Å². The summed E-state index contributed by atoms with van der Waals surface area (Å²) >= 11 is 3.73. The summed E-state index contributed by atoms with van der Waals surface area (Å²) < 4.78 is 1.20. The number of hydrogen-bond acceptors (Lipinski definition) is 2. The second kappa shape index (κ2) is 7.41. The summed E-state index contributed by atoms with van der Waals surface area (Å²) in [6.07, 6.45) is 3.22. The van der Waals surface area contributed by atoms with E-state index in [1.165, 1.54) is 26.7 Å². The Bertz CT molecular complexity index is 719. The molecule has 0 atom stereocenters. The molecule has 0 radical (unpaired) electrons. The van der Waals surface area contributed by atoms with Crippen LogP contribution in [0.1, 0.15) is 28.7 Å². The van der Waals surface area contributed by atoms with Gasteiger partial charge in [0.25, 0.3) is 0 Å². The standard InChI is InChI=1S/C20H23BrN2/c1-23(2)14-6-13-22-20-16-8-4-3-7-15(16)11-12-17-18(20)9-5-10-19(17)21/h3-5,7-10H,6,11-14H2,1-2H3. The van der Waals surface area contributed by atoms with E-state index in [0.717, 1.165) is 38.1 Å². The first-order valence-corrected chi connectivity index (χ1v) is 9.01. The predicted molar refractivity (Wildman–Crippen MR) is 102 cm³/mol. The van der Waals surface area contributed by atoms with Crippen LogP contribution in [0, 0.1) is 0 Å². The molecule has 0 fully saturated rings. The van der Waals surface area contributed by atoms with Gasteiger partial charge in [0.1, 0.15) is 0 Å². The van der Waals surface area contributed by atoms with Crippen LogP contribution in [0.5, 0.6) is 0 Å². The molecule has 2 aromatic rings. The van der Waals surface area contributed by atoms with E-state index in [9.17, 15) is 0 Å². The number of nitrogens with zero attached hydrogens (tertiary/aromatic N) is 2. The van der Waals surface area contributed by atoms with Crippen LogP contribution in [-0.4, -0.2) is 37.8 Å². The molecule has 1 aliphatic carbocycles. The summed E-state index contributed by atoms with van der Waals surface area (Å²) in [7, 11) is 4.22. The third-order valence-corrected chi connectivity index (χ3v) is 5.07. The first-order valence-electron chi connectivity index (χ1n) is 8.22. The molecule has 0 heterocycles. The van der Waals surface area contributed by atoms with Gasteiger partial charge >= 0.3 is 0 Å². The average molecular weight is 371 g/mol. The molecule has 0 aliphatic heterocycles. The van der Waals surface area contributed by atoms with Crippen LogP contribution in [-0.2, 0) is 12.8 Å². The molecule has 0 saturated carbocycles. The lowest BCUT2D eigenvalue weighted by Crippen LogP contribution is -2.14. The molecule has 0 spiro atoms. The van der Waals surface area contributed by atoms with Crippen molar-refractivity contribution in [2.45, 2.75) is 19.3 Å². The van der Waals surface area contributed by atoms with Gasteiger partial charge in [0, 0.05) is 22.1 Å². The molecule has 0 unspecified atom stereocenters. The second-order valence-electron chi connectivity index (χ2n) is 6.31. The second-order valence-corrected chi connectivity index (χ2v) is 7.16. The topological polar surface area (TPSA) is 15.6 Å². The maximum Gasteiger partial charge on any atom is 0.0724 e. The molecule has 120 valence electrons.